The van der Waals surface area contributed by atoms with E-state index in [1.54, 1.807) is 18.7 Å². The summed E-state index contributed by atoms with van der Waals surface area (Å²) in [5.41, 5.74) is 3.93. The van der Waals surface area contributed by atoms with Gasteiger partial charge in [0.15, 0.2) is 11.0 Å². The maximum absolute atomic E-state index is 4.64. The molecule has 4 heterocycles. The van der Waals surface area contributed by atoms with Gasteiger partial charge < -0.3 is 0 Å². The second-order valence-electron chi connectivity index (χ2n) is 5.26. The van der Waals surface area contributed by atoms with Gasteiger partial charge in [-0.05, 0) is 19.4 Å². The largest absolute Gasteiger partial charge is 0.267 e. The smallest absolute Gasteiger partial charge is 0.263 e. The summed E-state index contributed by atoms with van der Waals surface area (Å²) in [5.74, 6) is 0.800. The van der Waals surface area contributed by atoms with Crippen LogP contribution in [0.15, 0.2) is 43.4 Å². The number of hydrogen-bond donors (Lipinski definition) is 0. The fourth-order valence-electron chi connectivity index (χ4n) is 2.55. The molecule has 4 aromatic heterocycles. The zero-order valence-electron chi connectivity index (χ0n) is 12.2. The van der Waals surface area contributed by atoms with Gasteiger partial charge in [-0.25, -0.2) is 4.57 Å². The van der Waals surface area contributed by atoms with E-state index in [4.69, 9.17) is 0 Å². The highest BCUT2D eigenvalue weighted by atomic mass is 15.1. The van der Waals surface area contributed by atoms with Crippen molar-refractivity contribution in [2.75, 3.05) is 0 Å². The molecule has 0 aliphatic rings. The lowest BCUT2D eigenvalue weighted by atomic mass is 10.2. The van der Waals surface area contributed by atoms with E-state index in [-0.39, 0.29) is 0 Å². The Hall–Kier alpha value is -3.02. The Morgan fingerprint density at radius 2 is 1.82 bits per heavy atom. The number of aryl methyl sites for hydroxylation is 2. The molecule has 0 bridgehead atoms. The first kappa shape index (κ1) is 12.7. The number of nitrogens with zero attached hydrogens (tertiary/aromatic N) is 6. The van der Waals surface area contributed by atoms with Gasteiger partial charge in [0.2, 0.25) is 6.33 Å². The minimum absolute atomic E-state index is 0.800. The van der Waals surface area contributed by atoms with Gasteiger partial charge >= 0.3 is 0 Å². The summed E-state index contributed by atoms with van der Waals surface area (Å²) >= 11 is 0. The zero-order chi connectivity index (χ0) is 15.1. The number of fused-ring (bicyclic) bond motifs is 2. The van der Waals surface area contributed by atoms with E-state index < -0.39 is 0 Å². The average molecular weight is 289 g/mol. The van der Waals surface area contributed by atoms with Gasteiger partial charge in [0.1, 0.15) is 0 Å². The number of rotatable bonds is 1. The van der Waals surface area contributed by atoms with Crippen LogP contribution in [0.2, 0.25) is 0 Å². The lowest BCUT2D eigenvalue weighted by Gasteiger charge is -2.03. The van der Waals surface area contributed by atoms with Crippen molar-refractivity contribution >= 4 is 21.8 Å². The summed E-state index contributed by atoms with van der Waals surface area (Å²) in [6, 6.07) is 2.01. The summed E-state index contributed by atoms with van der Waals surface area (Å²) in [6.45, 7) is 4.04. The summed E-state index contributed by atoms with van der Waals surface area (Å²) in [4.78, 5) is 13.4. The zero-order valence-corrected chi connectivity index (χ0v) is 12.2. The molecule has 22 heavy (non-hydrogen) atoms. The second-order valence-corrected chi connectivity index (χ2v) is 5.26. The van der Waals surface area contributed by atoms with Crippen molar-refractivity contribution in [1.82, 2.24) is 25.1 Å². The van der Waals surface area contributed by atoms with E-state index in [1.165, 1.54) is 0 Å². The minimum Gasteiger partial charge on any atom is -0.263 e. The van der Waals surface area contributed by atoms with Crippen LogP contribution in [-0.2, 0) is 0 Å². The van der Waals surface area contributed by atoms with Crippen LogP contribution in [-0.4, -0.2) is 25.1 Å². The SMILES string of the molecule is Cc1cc(-[n+]2cnc3c(C)cncc3c2)nc2cnncc12. The van der Waals surface area contributed by atoms with Gasteiger partial charge in [-0.2, -0.15) is 10.2 Å². The van der Waals surface area contributed by atoms with Gasteiger partial charge in [-0.15, -0.1) is 9.97 Å². The third-order valence-corrected chi connectivity index (χ3v) is 3.70. The van der Waals surface area contributed by atoms with E-state index in [0.717, 1.165) is 38.8 Å². The van der Waals surface area contributed by atoms with Crippen molar-refractivity contribution in [2.45, 2.75) is 13.8 Å². The first-order chi connectivity index (χ1) is 10.7. The average Bonchev–Trinajstić information content (AvgIpc) is 2.55. The van der Waals surface area contributed by atoms with Crippen molar-refractivity contribution in [3.63, 3.8) is 0 Å². The van der Waals surface area contributed by atoms with Crippen LogP contribution in [0.25, 0.3) is 27.6 Å². The molecule has 0 fully saturated rings. The van der Waals surface area contributed by atoms with Crippen LogP contribution in [0.5, 0.6) is 0 Å². The topological polar surface area (TPSA) is 68.3 Å². The van der Waals surface area contributed by atoms with Gasteiger partial charge in [0.05, 0.1) is 24.0 Å². The van der Waals surface area contributed by atoms with E-state index >= 15 is 0 Å². The van der Waals surface area contributed by atoms with Gasteiger partial charge in [0, 0.05) is 29.4 Å². The van der Waals surface area contributed by atoms with E-state index in [0.29, 0.717) is 0 Å². The molecule has 0 aliphatic carbocycles. The molecule has 0 radical (unpaired) electrons. The summed E-state index contributed by atoms with van der Waals surface area (Å²) in [5, 5.41) is 9.80. The lowest BCUT2D eigenvalue weighted by molar-refractivity contribution is -0.601. The number of aromatic nitrogens is 6. The first-order valence-electron chi connectivity index (χ1n) is 6.92. The summed E-state index contributed by atoms with van der Waals surface area (Å²) in [7, 11) is 0. The maximum Gasteiger partial charge on any atom is 0.267 e. The van der Waals surface area contributed by atoms with E-state index in [9.17, 15) is 0 Å². The highest BCUT2D eigenvalue weighted by molar-refractivity contribution is 5.81. The highest BCUT2D eigenvalue weighted by Crippen LogP contribution is 2.16. The standard InChI is InChI=1S/C16H13N6/c1-10-3-15(21-14-7-20-19-6-13(10)14)22-8-12-5-17-4-11(2)16(12)18-9-22/h3-9H,1-2H3/q+1. The molecule has 0 saturated heterocycles. The predicted molar refractivity (Wildman–Crippen MR) is 81.4 cm³/mol. The molecule has 0 atom stereocenters. The first-order valence-corrected chi connectivity index (χ1v) is 6.92. The van der Waals surface area contributed by atoms with E-state index in [1.807, 2.05) is 43.1 Å². The van der Waals surface area contributed by atoms with E-state index in [2.05, 4.69) is 25.1 Å². The normalized spacial score (nSPS) is 11.2. The lowest BCUT2D eigenvalue weighted by Crippen LogP contribution is -2.32. The minimum atomic E-state index is 0.800. The summed E-state index contributed by atoms with van der Waals surface area (Å²) < 4.78 is 1.90. The Morgan fingerprint density at radius 1 is 0.955 bits per heavy atom. The Morgan fingerprint density at radius 3 is 2.73 bits per heavy atom. The quantitative estimate of drug-likeness (QED) is 0.500. The fraction of sp³-hybridized carbons (Fsp3) is 0.125. The van der Waals surface area contributed by atoms with Crippen molar-refractivity contribution in [3.8, 4) is 5.82 Å². The van der Waals surface area contributed by atoms with Gasteiger partial charge in [-0.3, -0.25) is 4.98 Å². The predicted octanol–water partition coefficient (Wildman–Crippen LogP) is 1.86. The Kier molecular flexibility index (Phi) is 2.75. The van der Waals surface area contributed by atoms with Gasteiger partial charge in [-0.1, -0.05) is 0 Å². The summed E-state index contributed by atoms with van der Waals surface area (Å²) in [6.07, 6.45) is 10.8. The Bertz CT molecular complexity index is 1010. The van der Waals surface area contributed by atoms with Crippen LogP contribution in [0.3, 0.4) is 0 Å². The third kappa shape index (κ3) is 1.96. The number of hydrogen-bond acceptors (Lipinski definition) is 5. The molecule has 0 aromatic carbocycles. The van der Waals surface area contributed by atoms with Crippen molar-refractivity contribution in [1.29, 1.82) is 0 Å². The van der Waals surface area contributed by atoms with Crippen molar-refractivity contribution in [2.24, 2.45) is 0 Å². The Labute approximate surface area is 126 Å². The molecule has 4 aromatic rings. The Balaban J connectivity index is 1.95. The molecule has 0 amide bonds. The highest BCUT2D eigenvalue weighted by Gasteiger charge is 2.13. The van der Waals surface area contributed by atoms with Crippen LogP contribution in [0.1, 0.15) is 11.1 Å². The molecule has 106 valence electrons. The van der Waals surface area contributed by atoms with Crippen LogP contribution >= 0.6 is 0 Å². The van der Waals surface area contributed by atoms with Crippen molar-refractivity contribution < 1.29 is 4.57 Å². The molecule has 0 spiro atoms. The van der Waals surface area contributed by atoms with Crippen LogP contribution in [0.4, 0.5) is 0 Å². The maximum atomic E-state index is 4.64. The monoisotopic (exact) mass is 289 g/mol. The van der Waals surface area contributed by atoms with Crippen molar-refractivity contribution in [3.05, 3.63) is 54.5 Å². The molecular weight excluding hydrogens is 276 g/mol. The molecule has 6 nitrogen and oxygen atoms in total. The molecule has 4 rings (SSSR count). The van der Waals surface area contributed by atoms with Gasteiger partial charge in [0.25, 0.3) is 5.82 Å². The van der Waals surface area contributed by atoms with Crippen LogP contribution < -0.4 is 4.57 Å². The number of pyridine rings is 2. The third-order valence-electron chi connectivity index (χ3n) is 3.70. The molecule has 0 saturated carbocycles. The second kappa shape index (κ2) is 4.77. The molecule has 0 N–H and O–H groups in total. The van der Waals surface area contributed by atoms with Crippen LogP contribution in [0, 0.1) is 13.8 Å². The molecule has 0 aliphatic heterocycles. The molecule has 6 heteroatoms. The molecule has 0 unspecified atom stereocenters. The molecular formula is C16H13N6+. The fourth-order valence-corrected chi connectivity index (χ4v) is 2.55.